The first-order valence-corrected chi connectivity index (χ1v) is 5.20. The molecule has 0 amide bonds. The second-order valence-electron chi connectivity index (χ2n) is 2.79. The first-order valence-electron chi connectivity index (χ1n) is 3.90. The summed E-state index contributed by atoms with van der Waals surface area (Å²) in [5.74, 6) is 0.151. The molecule has 1 nitrogen and oxygen atoms in total. The van der Waals surface area contributed by atoms with E-state index < -0.39 is 11.0 Å². The van der Waals surface area contributed by atoms with Crippen LogP contribution in [0.3, 0.4) is 0 Å². The van der Waals surface area contributed by atoms with Crippen molar-refractivity contribution in [3.8, 4) is 5.75 Å². The SMILES string of the molecule is COc1ccc(Cl)cc1C(Br)C(F)(F)F. The van der Waals surface area contributed by atoms with E-state index in [2.05, 4.69) is 15.9 Å². The van der Waals surface area contributed by atoms with Crippen LogP contribution < -0.4 is 4.74 Å². The van der Waals surface area contributed by atoms with Gasteiger partial charge in [0, 0.05) is 10.6 Å². The quantitative estimate of drug-likeness (QED) is 0.738. The van der Waals surface area contributed by atoms with Crippen molar-refractivity contribution < 1.29 is 17.9 Å². The van der Waals surface area contributed by atoms with Crippen LogP contribution in [0.15, 0.2) is 18.2 Å². The molecule has 1 aromatic carbocycles. The van der Waals surface area contributed by atoms with Crippen LogP contribution in [-0.4, -0.2) is 13.3 Å². The summed E-state index contributed by atoms with van der Waals surface area (Å²) in [7, 11) is 1.31. The standard InChI is InChI=1S/C9H7BrClF3O/c1-15-7-3-2-5(11)4-6(7)8(10)9(12,13)14/h2-4,8H,1H3. The summed E-state index contributed by atoms with van der Waals surface area (Å²) in [6.45, 7) is 0. The van der Waals surface area contributed by atoms with E-state index in [1.807, 2.05) is 0 Å². The minimum Gasteiger partial charge on any atom is -0.496 e. The van der Waals surface area contributed by atoms with Gasteiger partial charge in [0.25, 0.3) is 0 Å². The van der Waals surface area contributed by atoms with Gasteiger partial charge < -0.3 is 4.74 Å². The monoisotopic (exact) mass is 302 g/mol. The van der Waals surface area contributed by atoms with E-state index in [4.69, 9.17) is 16.3 Å². The van der Waals surface area contributed by atoms with E-state index in [0.29, 0.717) is 0 Å². The lowest BCUT2D eigenvalue weighted by molar-refractivity contribution is -0.128. The molecule has 0 spiro atoms. The van der Waals surface area contributed by atoms with Gasteiger partial charge >= 0.3 is 6.18 Å². The Kier molecular flexibility index (Phi) is 3.89. The minimum atomic E-state index is -4.38. The van der Waals surface area contributed by atoms with Crippen molar-refractivity contribution >= 4 is 27.5 Å². The molecule has 1 atom stereocenters. The molecule has 84 valence electrons. The Morgan fingerprint density at radius 1 is 1.40 bits per heavy atom. The molecule has 0 N–H and O–H groups in total. The average molecular weight is 304 g/mol. The molecule has 0 bridgehead atoms. The van der Waals surface area contributed by atoms with Crippen LogP contribution in [0.25, 0.3) is 0 Å². The van der Waals surface area contributed by atoms with Crippen LogP contribution in [0, 0.1) is 0 Å². The number of benzene rings is 1. The van der Waals surface area contributed by atoms with Crippen LogP contribution in [0.5, 0.6) is 5.75 Å². The highest BCUT2D eigenvalue weighted by Gasteiger charge is 2.40. The fourth-order valence-electron chi connectivity index (χ4n) is 1.08. The molecular weight excluding hydrogens is 296 g/mol. The zero-order valence-electron chi connectivity index (χ0n) is 7.61. The number of halogens is 5. The highest BCUT2D eigenvalue weighted by molar-refractivity contribution is 9.09. The summed E-state index contributed by atoms with van der Waals surface area (Å²) in [4.78, 5) is -1.78. The van der Waals surface area contributed by atoms with Gasteiger partial charge in [-0.05, 0) is 18.2 Å². The number of ether oxygens (including phenoxy) is 1. The molecule has 0 aliphatic rings. The minimum absolute atomic E-state index is 0.0301. The fraction of sp³-hybridized carbons (Fsp3) is 0.333. The van der Waals surface area contributed by atoms with Crippen molar-refractivity contribution in [2.75, 3.05) is 7.11 Å². The predicted octanol–water partition coefficient (Wildman–Crippen LogP) is 4.35. The average Bonchev–Trinajstić information content (AvgIpc) is 2.15. The van der Waals surface area contributed by atoms with Crippen molar-refractivity contribution in [3.63, 3.8) is 0 Å². The molecule has 1 aromatic rings. The van der Waals surface area contributed by atoms with E-state index in [-0.39, 0.29) is 16.3 Å². The largest absolute Gasteiger partial charge is 0.496 e. The van der Waals surface area contributed by atoms with Gasteiger partial charge in [-0.2, -0.15) is 13.2 Å². The number of rotatable bonds is 2. The maximum atomic E-state index is 12.4. The van der Waals surface area contributed by atoms with Gasteiger partial charge in [-0.15, -0.1) is 0 Å². The Hall–Kier alpha value is -0.420. The Morgan fingerprint density at radius 3 is 2.47 bits per heavy atom. The van der Waals surface area contributed by atoms with Gasteiger partial charge in [-0.25, -0.2) is 0 Å². The normalized spacial score (nSPS) is 13.7. The molecule has 0 heterocycles. The van der Waals surface area contributed by atoms with E-state index in [1.165, 1.54) is 25.3 Å². The summed E-state index contributed by atoms with van der Waals surface area (Å²) in [5.41, 5.74) is -0.0301. The third-order valence-corrected chi connectivity index (χ3v) is 3.00. The summed E-state index contributed by atoms with van der Waals surface area (Å²) in [6.07, 6.45) is -4.38. The zero-order chi connectivity index (χ0) is 11.6. The molecule has 0 fully saturated rings. The number of hydrogen-bond donors (Lipinski definition) is 0. The third kappa shape index (κ3) is 3.01. The Labute approximate surface area is 98.3 Å². The first-order chi connectivity index (χ1) is 6.86. The Morgan fingerprint density at radius 2 is 2.00 bits per heavy atom. The van der Waals surface area contributed by atoms with E-state index in [1.54, 1.807) is 0 Å². The molecular formula is C9H7BrClF3O. The molecule has 0 saturated carbocycles. The van der Waals surface area contributed by atoms with Crippen LogP contribution in [0.1, 0.15) is 10.4 Å². The smallest absolute Gasteiger partial charge is 0.405 e. The third-order valence-electron chi connectivity index (χ3n) is 1.75. The van der Waals surface area contributed by atoms with Crippen LogP contribution in [0.4, 0.5) is 13.2 Å². The molecule has 0 radical (unpaired) electrons. The Bertz CT molecular complexity index is 354. The molecule has 0 saturated heterocycles. The predicted molar refractivity (Wildman–Crippen MR) is 55.7 cm³/mol. The number of methoxy groups -OCH3 is 1. The van der Waals surface area contributed by atoms with Crippen molar-refractivity contribution in [1.29, 1.82) is 0 Å². The van der Waals surface area contributed by atoms with Crippen molar-refractivity contribution in [1.82, 2.24) is 0 Å². The van der Waals surface area contributed by atoms with Crippen molar-refractivity contribution in [2.24, 2.45) is 0 Å². The molecule has 1 rings (SSSR count). The van der Waals surface area contributed by atoms with Gasteiger partial charge in [-0.1, -0.05) is 27.5 Å². The lowest BCUT2D eigenvalue weighted by atomic mass is 10.1. The summed E-state index contributed by atoms with van der Waals surface area (Å²) < 4.78 is 42.1. The van der Waals surface area contributed by atoms with Crippen LogP contribution in [0.2, 0.25) is 5.02 Å². The molecule has 15 heavy (non-hydrogen) atoms. The van der Waals surface area contributed by atoms with Crippen molar-refractivity contribution in [2.45, 2.75) is 11.0 Å². The molecule has 1 unspecified atom stereocenters. The van der Waals surface area contributed by atoms with Crippen molar-refractivity contribution in [3.05, 3.63) is 28.8 Å². The topological polar surface area (TPSA) is 9.23 Å². The molecule has 0 aliphatic carbocycles. The van der Waals surface area contributed by atoms with Gasteiger partial charge in [-0.3, -0.25) is 0 Å². The van der Waals surface area contributed by atoms with E-state index >= 15 is 0 Å². The zero-order valence-corrected chi connectivity index (χ0v) is 9.95. The highest BCUT2D eigenvalue weighted by atomic mass is 79.9. The first kappa shape index (κ1) is 12.6. The van der Waals surface area contributed by atoms with Gasteiger partial charge in [0.2, 0.25) is 0 Å². The number of alkyl halides is 4. The number of hydrogen-bond acceptors (Lipinski definition) is 1. The molecule has 6 heteroatoms. The highest BCUT2D eigenvalue weighted by Crippen LogP contribution is 2.43. The van der Waals surface area contributed by atoms with E-state index in [0.717, 1.165) is 0 Å². The molecule has 0 aromatic heterocycles. The van der Waals surface area contributed by atoms with Crippen LogP contribution in [-0.2, 0) is 0 Å². The van der Waals surface area contributed by atoms with Gasteiger partial charge in [0.05, 0.1) is 7.11 Å². The summed E-state index contributed by atoms with van der Waals surface area (Å²) in [6, 6.07) is 4.10. The Balaban J connectivity index is 3.17. The maximum absolute atomic E-state index is 12.4. The maximum Gasteiger partial charge on any atom is 0.405 e. The summed E-state index contributed by atoms with van der Waals surface area (Å²) in [5, 5.41) is 0.236. The van der Waals surface area contributed by atoms with Gasteiger partial charge in [0.1, 0.15) is 10.6 Å². The van der Waals surface area contributed by atoms with E-state index in [9.17, 15) is 13.2 Å². The van der Waals surface area contributed by atoms with Gasteiger partial charge in [0.15, 0.2) is 0 Å². The molecule has 0 aliphatic heterocycles. The lowest BCUT2D eigenvalue weighted by Gasteiger charge is -2.17. The summed E-state index contributed by atoms with van der Waals surface area (Å²) >= 11 is 8.19. The lowest BCUT2D eigenvalue weighted by Crippen LogP contribution is -2.15. The second-order valence-corrected chi connectivity index (χ2v) is 4.14. The fourth-order valence-corrected chi connectivity index (χ4v) is 1.62. The van der Waals surface area contributed by atoms with Crippen LogP contribution >= 0.6 is 27.5 Å². The second kappa shape index (κ2) is 4.61.